The molecule has 0 bridgehead atoms. The van der Waals surface area contributed by atoms with Gasteiger partial charge in [0.1, 0.15) is 0 Å². The van der Waals surface area contributed by atoms with Crippen LogP contribution in [-0.2, 0) is 22.3 Å². The van der Waals surface area contributed by atoms with Crippen LogP contribution in [0, 0.1) is 0 Å². The Labute approximate surface area is 191 Å². The number of nitrogens with zero attached hydrogens (tertiary/aromatic N) is 2. The van der Waals surface area contributed by atoms with Crippen LogP contribution in [-0.4, -0.2) is 44.8 Å². The highest BCUT2D eigenvalue weighted by molar-refractivity contribution is 7.88. The Morgan fingerprint density at radius 3 is 1.94 bits per heavy atom. The Kier molecular flexibility index (Phi) is 7.48. The highest BCUT2D eigenvalue weighted by Crippen LogP contribution is 2.20. The summed E-state index contributed by atoms with van der Waals surface area (Å²) in [6.07, 6.45) is 6.77. The van der Waals surface area contributed by atoms with Crippen molar-refractivity contribution in [3.63, 3.8) is 0 Å². The molecule has 2 fully saturated rings. The molecule has 1 amide bonds. The van der Waals surface area contributed by atoms with E-state index in [4.69, 9.17) is 0 Å². The van der Waals surface area contributed by atoms with E-state index < -0.39 is 10.0 Å². The fraction of sp³-hybridized carbons (Fsp3) is 0.480. The number of sulfonamides is 1. The number of amides is 1. The van der Waals surface area contributed by atoms with Crippen molar-refractivity contribution in [3.8, 4) is 0 Å². The first-order valence-corrected chi connectivity index (χ1v) is 13.3. The predicted molar refractivity (Wildman–Crippen MR) is 128 cm³/mol. The largest absolute Gasteiger partial charge is 0.372 e. The molecular weight excluding hydrogens is 422 g/mol. The summed E-state index contributed by atoms with van der Waals surface area (Å²) in [5.41, 5.74) is 3.55. The van der Waals surface area contributed by atoms with E-state index >= 15 is 0 Å². The zero-order chi connectivity index (χ0) is 22.4. The average Bonchev–Trinajstić information content (AvgIpc) is 2.84. The van der Waals surface area contributed by atoms with Gasteiger partial charge in [-0.05, 0) is 67.5 Å². The quantitative estimate of drug-likeness (QED) is 0.687. The minimum absolute atomic E-state index is 0.0156. The van der Waals surface area contributed by atoms with Crippen LogP contribution < -0.4 is 10.2 Å². The molecule has 172 valence electrons. The molecule has 2 aliphatic heterocycles. The number of nitrogens with one attached hydrogen (secondary N) is 1. The van der Waals surface area contributed by atoms with E-state index in [1.165, 1.54) is 24.9 Å². The number of piperidine rings is 2. The topological polar surface area (TPSA) is 69.7 Å². The third-order valence-electron chi connectivity index (χ3n) is 6.38. The summed E-state index contributed by atoms with van der Waals surface area (Å²) in [4.78, 5) is 14.9. The van der Waals surface area contributed by atoms with Gasteiger partial charge in [-0.15, -0.1) is 0 Å². The minimum atomic E-state index is -3.30. The van der Waals surface area contributed by atoms with Gasteiger partial charge in [0.15, 0.2) is 0 Å². The van der Waals surface area contributed by atoms with Crippen LogP contribution >= 0.6 is 0 Å². The second-order valence-electron chi connectivity index (χ2n) is 8.81. The van der Waals surface area contributed by atoms with Crippen LogP contribution in [0.25, 0.3) is 0 Å². The molecule has 2 aromatic rings. The molecule has 0 spiro atoms. The highest BCUT2D eigenvalue weighted by Gasteiger charge is 2.24. The zero-order valence-electron chi connectivity index (χ0n) is 18.6. The summed E-state index contributed by atoms with van der Waals surface area (Å²) in [5.74, 6) is -0.173. The highest BCUT2D eigenvalue weighted by atomic mass is 32.2. The van der Waals surface area contributed by atoms with Crippen molar-refractivity contribution in [2.24, 2.45) is 0 Å². The maximum atomic E-state index is 12.6. The summed E-state index contributed by atoms with van der Waals surface area (Å²) in [6.45, 7) is 3.92. The molecule has 0 aromatic heterocycles. The molecule has 0 atom stereocenters. The maximum absolute atomic E-state index is 12.6. The standard InChI is InChI=1S/C25H33N3O3S/c29-25(26-19-21-9-13-24(14-10-21)27-15-3-1-4-16-27)23-11-7-22(8-12-23)20-32(30,31)28-17-5-2-6-18-28/h7-14H,1-6,15-20H2,(H,26,29). The van der Waals surface area contributed by atoms with Gasteiger partial charge in [-0.1, -0.05) is 30.7 Å². The van der Waals surface area contributed by atoms with Crippen LogP contribution in [0.1, 0.15) is 60.0 Å². The number of benzene rings is 2. The lowest BCUT2D eigenvalue weighted by Crippen LogP contribution is -2.36. The van der Waals surface area contributed by atoms with Crippen LogP contribution in [0.4, 0.5) is 5.69 Å². The summed E-state index contributed by atoms with van der Waals surface area (Å²) in [7, 11) is -3.30. The molecule has 2 heterocycles. The number of anilines is 1. The predicted octanol–water partition coefficient (Wildman–Crippen LogP) is 3.92. The Balaban J connectivity index is 1.29. The first-order valence-electron chi connectivity index (χ1n) is 11.7. The number of hydrogen-bond acceptors (Lipinski definition) is 4. The monoisotopic (exact) mass is 455 g/mol. The molecule has 7 heteroatoms. The van der Waals surface area contributed by atoms with E-state index in [1.54, 1.807) is 28.6 Å². The van der Waals surface area contributed by atoms with Crippen molar-refractivity contribution in [3.05, 3.63) is 65.2 Å². The zero-order valence-corrected chi connectivity index (χ0v) is 19.4. The minimum Gasteiger partial charge on any atom is -0.372 e. The van der Waals surface area contributed by atoms with Crippen molar-refractivity contribution in [2.75, 3.05) is 31.1 Å². The number of hydrogen-bond donors (Lipinski definition) is 1. The van der Waals surface area contributed by atoms with Gasteiger partial charge in [-0.25, -0.2) is 12.7 Å². The number of carbonyl (C=O) groups excluding carboxylic acids is 1. The van der Waals surface area contributed by atoms with E-state index in [0.29, 0.717) is 30.8 Å². The van der Waals surface area contributed by atoms with Gasteiger partial charge in [0, 0.05) is 44.0 Å². The SMILES string of the molecule is O=C(NCc1ccc(N2CCCCC2)cc1)c1ccc(CS(=O)(=O)N2CCCCC2)cc1. The fourth-order valence-corrected chi connectivity index (χ4v) is 6.07. The molecule has 4 rings (SSSR count). The maximum Gasteiger partial charge on any atom is 0.251 e. The van der Waals surface area contributed by atoms with Crippen LogP contribution in [0.5, 0.6) is 0 Å². The third kappa shape index (κ3) is 5.90. The molecule has 32 heavy (non-hydrogen) atoms. The molecule has 0 unspecified atom stereocenters. The molecule has 2 aromatic carbocycles. The van der Waals surface area contributed by atoms with Gasteiger partial charge in [-0.3, -0.25) is 4.79 Å². The van der Waals surface area contributed by atoms with Crippen molar-refractivity contribution in [1.29, 1.82) is 0 Å². The van der Waals surface area contributed by atoms with Crippen molar-refractivity contribution in [1.82, 2.24) is 9.62 Å². The van der Waals surface area contributed by atoms with E-state index in [2.05, 4.69) is 34.5 Å². The van der Waals surface area contributed by atoms with Crippen molar-refractivity contribution in [2.45, 2.75) is 50.8 Å². The Hall–Kier alpha value is -2.38. The molecule has 0 saturated carbocycles. The lowest BCUT2D eigenvalue weighted by molar-refractivity contribution is 0.0951. The van der Waals surface area contributed by atoms with Crippen LogP contribution in [0.15, 0.2) is 48.5 Å². The third-order valence-corrected chi connectivity index (χ3v) is 8.23. The Bertz CT molecular complexity index is 992. The fourth-order valence-electron chi connectivity index (χ4n) is 4.46. The van der Waals surface area contributed by atoms with E-state index in [-0.39, 0.29) is 11.7 Å². The summed E-state index contributed by atoms with van der Waals surface area (Å²) in [6, 6.07) is 15.3. The van der Waals surface area contributed by atoms with Crippen molar-refractivity contribution < 1.29 is 13.2 Å². The van der Waals surface area contributed by atoms with Crippen LogP contribution in [0.2, 0.25) is 0 Å². The normalized spacial score (nSPS) is 17.8. The molecule has 2 saturated heterocycles. The van der Waals surface area contributed by atoms with Gasteiger partial charge < -0.3 is 10.2 Å². The van der Waals surface area contributed by atoms with Gasteiger partial charge in [0.25, 0.3) is 5.91 Å². The smallest absolute Gasteiger partial charge is 0.251 e. The first-order chi connectivity index (χ1) is 15.5. The average molecular weight is 456 g/mol. The number of carbonyl (C=O) groups is 1. The Morgan fingerprint density at radius 1 is 0.750 bits per heavy atom. The summed E-state index contributed by atoms with van der Waals surface area (Å²) < 4.78 is 26.8. The van der Waals surface area contributed by atoms with E-state index in [9.17, 15) is 13.2 Å². The molecule has 2 aliphatic rings. The lowest BCUT2D eigenvalue weighted by Gasteiger charge is -2.28. The van der Waals surface area contributed by atoms with Gasteiger partial charge in [0.2, 0.25) is 10.0 Å². The van der Waals surface area contributed by atoms with Gasteiger partial charge in [-0.2, -0.15) is 0 Å². The number of rotatable bonds is 7. The second-order valence-corrected chi connectivity index (χ2v) is 10.8. The molecule has 6 nitrogen and oxygen atoms in total. The van der Waals surface area contributed by atoms with Crippen molar-refractivity contribution >= 4 is 21.6 Å². The molecule has 0 radical (unpaired) electrons. The van der Waals surface area contributed by atoms with E-state index in [0.717, 1.165) is 37.9 Å². The second kappa shape index (κ2) is 10.5. The summed E-state index contributed by atoms with van der Waals surface area (Å²) in [5, 5.41) is 2.95. The Morgan fingerprint density at radius 2 is 1.31 bits per heavy atom. The lowest BCUT2D eigenvalue weighted by atomic mass is 10.1. The summed E-state index contributed by atoms with van der Waals surface area (Å²) >= 11 is 0. The van der Waals surface area contributed by atoms with Crippen LogP contribution in [0.3, 0.4) is 0 Å². The molecule has 1 N–H and O–H groups in total. The molecule has 0 aliphatic carbocycles. The van der Waals surface area contributed by atoms with Gasteiger partial charge in [0.05, 0.1) is 5.75 Å². The van der Waals surface area contributed by atoms with E-state index in [1.807, 2.05) is 0 Å². The van der Waals surface area contributed by atoms with Gasteiger partial charge >= 0.3 is 0 Å². The molecular formula is C25H33N3O3S. The first kappa shape index (κ1) is 22.8.